The minimum absolute atomic E-state index is 0.137. The number of amides is 1. The average Bonchev–Trinajstić information content (AvgIpc) is 2.35. The van der Waals surface area contributed by atoms with Crippen molar-refractivity contribution in [2.24, 2.45) is 16.5 Å². The van der Waals surface area contributed by atoms with E-state index in [0.29, 0.717) is 13.0 Å². The molecule has 1 unspecified atom stereocenters. The van der Waals surface area contributed by atoms with E-state index >= 15 is 0 Å². The van der Waals surface area contributed by atoms with Gasteiger partial charge in [0, 0.05) is 0 Å². The van der Waals surface area contributed by atoms with Gasteiger partial charge < -0.3 is 16.2 Å². The van der Waals surface area contributed by atoms with Gasteiger partial charge in [0.1, 0.15) is 11.5 Å². The molecule has 0 heterocycles. The predicted octanol–water partition coefficient (Wildman–Crippen LogP) is 1.32. The van der Waals surface area contributed by atoms with Crippen LogP contribution in [-0.2, 0) is 9.53 Å². The predicted molar refractivity (Wildman–Crippen MR) is 71.9 cm³/mol. The number of allylic oxidation sites excluding steroid dienone is 3. The molecule has 0 aromatic heterocycles. The van der Waals surface area contributed by atoms with Gasteiger partial charge in [0.15, 0.2) is 5.76 Å². The van der Waals surface area contributed by atoms with Crippen LogP contribution in [0.5, 0.6) is 0 Å². The summed E-state index contributed by atoms with van der Waals surface area (Å²) in [5.41, 5.74) is 11.2. The fraction of sp³-hybridized carbons (Fsp3) is 0.385. The van der Waals surface area contributed by atoms with Crippen LogP contribution in [0.4, 0.5) is 4.39 Å². The summed E-state index contributed by atoms with van der Waals surface area (Å²) in [6.45, 7) is 3.88. The van der Waals surface area contributed by atoms with E-state index in [4.69, 9.17) is 16.2 Å². The van der Waals surface area contributed by atoms with Crippen molar-refractivity contribution < 1.29 is 13.9 Å². The summed E-state index contributed by atoms with van der Waals surface area (Å²) in [7, 11) is 0. The van der Waals surface area contributed by atoms with Crippen molar-refractivity contribution in [2.75, 3.05) is 6.61 Å². The van der Waals surface area contributed by atoms with Gasteiger partial charge >= 0.3 is 0 Å². The molecule has 1 aliphatic rings. The van der Waals surface area contributed by atoms with Gasteiger partial charge in [-0.25, -0.2) is 4.39 Å². The number of halogens is 1. The lowest BCUT2D eigenvalue weighted by atomic mass is 10.0. The van der Waals surface area contributed by atoms with E-state index in [0.717, 1.165) is 5.57 Å². The Labute approximate surface area is 111 Å². The van der Waals surface area contributed by atoms with Crippen LogP contribution in [0.2, 0.25) is 0 Å². The summed E-state index contributed by atoms with van der Waals surface area (Å²) in [4.78, 5) is 15.2. The quantitative estimate of drug-likeness (QED) is 0.447. The molecule has 0 aromatic carbocycles. The number of ether oxygens (including phenoxy) is 1. The molecular formula is C13H18FN3O2. The molecule has 0 aromatic rings. The normalized spacial score (nSPS) is 20.7. The highest BCUT2D eigenvalue weighted by Gasteiger charge is 2.14. The van der Waals surface area contributed by atoms with E-state index in [1.165, 1.54) is 18.4 Å². The fourth-order valence-electron chi connectivity index (χ4n) is 1.58. The summed E-state index contributed by atoms with van der Waals surface area (Å²) in [6, 6.07) is -0.185. The molecule has 0 fully saturated rings. The molecule has 104 valence electrons. The molecule has 1 rings (SSSR count). The van der Waals surface area contributed by atoms with Crippen molar-refractivity contribution in [2.45, 2.75) is 26.3 Å². The fourth-order valence-corrected chi connectivity index (χ4v) is 1.58. The molecule has 6 heteroatoms. The number of primary amides is 1. The number of carbonyl (C=O) groups is 1. The molecule has 0 spiro atoms. The SMILES string of the molecule is CCOC(C=NC1CC=C(F)C=C1C)=C(N)C(N)=O. The van der Waals surface area contributed by atoms with Crippen LogP contribution in [0.1, 0.15) is 20.3 Å². The molecule has 0 radical (unpaired) electrons. The molecule has 0 saturated heterocycles. The Morgan fingerprint density at radius 1 is 1.63 bits per heavy atom. The summed E-state index contributed by atoms with van der Waals surface area (Å²) in [6.07, 6.45) is 4.70. The van der Waals surface area contributed by atoms with Gasteiger partial charge in [0.2, 0.25) is 0 Å². The van der Waals surface area contributed by atoms with Crippen LogP contribution in [0.15, 0.2) is 40.0 Å². The molecule has 1 atom stereocenters. The van der Waals surface area contributed by atoms with Crippen LogP contribution >= 0.6 is 0 Å². The third kappa shape index (κ3) is 4.24. The van der Waals surface area contributed by atoms with E-state index in [2.05, 4.69) is 4.99 Å². The molecule has 4 N–H and O–H groups in total. The summed E-state index contributed by atoms with van der Waals surface area (Å²) in [5.74, 6) is -0.893. The highest BCUT2D eigenvalue weighted by Crippen LogP contribution is 2.21. The van der Waals surface area contributed by atoms with Crippen LogP contribution in [0.3, 0.4) is 0 Å². The number of aliphatic imine (C=N–C) groups is 1. The Kier molecular flexibility index (Phi) is 5.29. The molecule has 1 aliphatic carbocycles. The third-order valence-electron chi connectivity index (χ3n) is 2.63. The van der Waals surface area contributed by atoms with Crippen molar-refractivity contribution in [3.05, 3.63) is 35.0 Å². The van der Waals surface area contributed by atoms with E-state index in [9.17, 15) is 9.18 Å². The number of rotatable bonds is 5. The van der Waals surface area contributed by atoms with Gasteiger partial charge in [-0.2, -0.15) is 0 Å². The Bertz CT molecular complexity index is 478. The zero-order chi connectivity index (χ0) is 14.4. The Morgan fingerprint density at radius 3 is 2.84 bits per heavy atom. The van der Waals surface area contributed by atoms with Crippen molar-refractivity contribution in [1.82, 2.24) is 0 Å². The van der Waals surface area contributed by atoms with Crippen molar-refractivity contribution in [3.63, 3.8) is 0 Å². The van der Waals surface area contributed by atoms with Gasteiger partial charge in [0.05, 0.1) is 18.9 Å². The Balaban J connectivity index is 2.87. The first-order valence-electron chi connectivity index (χ1n) is 5.95. The highest BCUT2D eigenvalue weighted by molar-refractivity contribution is 5.97. The zero-order valence-corrected chi connectivity index (χ0v) is 11.0. The Morgan fingerprint density at radius 2 is 2.32 bits per heavy atom. The van der Waals surface area contributed by atoms with E-state index in [1.807, 2.05) is 0 Å². The topological polar surface area (TPSA) is 90.7 Å². The van der Waals surface area contributed by atoms with Gasteiger partial charge in [-0.1, -0.05) is 0 Å². The van der Waals surface area contributed by atoms with Crippen molar-refractivity contribution >= 4 is 12.1 Å². The minimum atomic E-state index is -0.767. The summed E-state index contributed by atoms with van der Waals surface area (Å²) < 4.78 is 18.2. The number of carbonyl (C=O) groups excluding carboxylic acids is 1. The van der Waals surface area contributed by atoms with E-state index < -0.39 is 5.91 Å². The van der Waals surface area contributed by atoms with Crippen LogP contribution in [0.25, 0.3) is 0 Å². The monoisotopic (exact) mass is 267 g/mol. The highest BCUT2D eigenvalue weighted by atomic mass is 19.1. The second-order valence-corrected chi connectivity index (χ2v) is 4.08. The lowest BCUT2D eigenvalue weighted by molar-refractivity contribution is -0.114. The van der Waals surface area contributed by atoms with Gasteiger partial charge in [-0.15, -0.1) is 0 Å². The third-order valence-corrected chi connectivity index (χ3v) is 2.63. The summed E-state index contributed by atoms with van der Waals surface area (Å²) in [5, 5.41) is 0. The molecular weight excluding hydrogens is 249 g/mol. The van der Waals surface area contributed by atoms with E-state index in [1.54, 1.807) is 13.8 Å². The van der Waals surface area contributed by atoms with Crippen molar-refractivity contribution in [3.8, 4) is 0 Å². The molecule has 5 nitrogen and oxygen atoms in total. The van der Waals surface area contributed by atoms with Gasteiger partial charge in [-0.05, 0) is 38.0 Å². The Hall–Kier alpha value is -2.11. The van der Waals surface area contributed by atoms with Crippen LogP contribution < -0.4 is 11.5 Å². The molecule has 0 aliphatic heterocycles. The lowest BCUT2D eigenvalue weighted by Gasteiger charge is -2.15. The lowest BCUT2D eigenvalue weighted by Crippen LogP contribution is -2.23. The molecule has 0 saturated carbocycles. The number of hydrogen-bond donors (Lipinski definition) is 2. The van der Waals surface area contributed by atoms with Crippen molar-refractivity contribution in [1.29, 1.82) is 0 Å². The van der Waals surface area contributed by atoms with E-state index in [-0.39, 0.29) is 23.3 Å². The maximum atomic E-state index is 13.0. The molecule has 19 heavy (non-hydrogen) atoms. The van der Waals surface area contributed by atoms with Crippen LogP contribution in [0, 0.1) is 0 Å². The second-order valence-electron chi connectivity index (χ2n) is 4.08. The first kappa shape index (κ1) is 14.9. The van der Waals surface area contributed by atoms with Crippen LogP contribution in [-0.4, -0.2) is 24.8 Å². The maximum Gasteiger partial charge on any atom is 0.268 e. The minimum Gasteiger partial charge on any atom is -0.490 e. The first-order chi connectivity index (χ1) is 8.95. The first-order valence-corrected chi connectivity index (χ1v) is 5.95. The van der Waals surface area contributed by atoms with Gasteiger partial charge in [-0.3, -0.25) is 9.79 Å². The average molecular weight is 267 g/mol. The number of hydrogen-bond acceptors (Lipinski definition) is 4. The number of nitrogens with zero attached hydrogens (tertiary/aromatic N) is 1. The maximum absolute atomic E-state index is 13.0. The summed E-state index contributed by atoms with van der Waals surface area (Å²) >= 11 is 0. The smallest absolute Gasteiger partial charge is 0.268 e. The molecule has 0 bridgehead atoms. The molecule has 1 amide bonds. The number of nitrogens with two attached hydrogens (primary N) is 2. The second kappa shape index (κ2) is 6.72. The zero-order valence-electron chi connectivity index (χ0n) is 11.0. The standard InChI is InChI=1S/C13H18FN3O2/c1-3-19-11(12(15)13(16)18)7-17-10-5-4-9(14)6-8(10)2/h4,6-7,10H,3,5,15H2,1-2H3,(H2,16,18). The van der Waals surface area contributed by atoms with Gasteiger partial charge in [0.25, 0.3) is 5.91 Å². The largest absolute Gasteiger partial charge is 0.490 e.